The minimum absolute atomic E-state index is 0.00821. The zero-order valence-corrected chi connectivity index (χ0v) is 14.4. The van der Waals surface area contributed by atoms with Crippen LogP contribution in [0.4, 0.5) is 11.4 Å². The van der Waals surface area contributed by atoms with Crippen LogP contribution in [0.1, 0.15) is 28.0 Å². The van der Waals surface area contributed by atoms with E-state index in [2.05, 4.69) is 21.4 Å². The van der Waals surface area contributed by atoms with E-state index in [9.17, 15) is 4.79 Å². The molecule has 3 aromatic rings. The summed E-state index contributed by atoms with van der Waals surface area (Å²) >= 11 is 0. The minimum atomic E-state index is -0.00821. The number of amides is 1. The van der Waals surface area contributed by atoms with Gasteiger partial charge in [0, 0.05) is 30.8 Å². The average Bonchev–Trinajstić information content (AvgIpc) is 2.72. The number of para-hydroxylation sites is 1. The minimum Gasteiger partial charge on any atom is -0.378 e. The van der Waals surface area contributed by atoms with E-state index in [1.54, 1.807) is 18.6 Å². The maximum atomic E-state index is 13.0. The summed E-state index contributed by atoms with van der Waals surface area (Å²) in [6, 6.07) is 15.8. The fraction of sp³-hybridized carbons (Fsp3) is 0.190. The van der Waals surface area contributed by atoms with Gasteiger partial charge in [0.1, 0.15) is 0 Å². The van der Waals surface area contributed by atoms with Gasteiger partial charge in [0.25, 0.3) is 5.91 Å². The number of carbonyl (C=O) groups is 1. The number of fused-ring (bicyclic) bond motifs is 1. The molecule has 1 N–H and O–H groups in total. The highest BCUT2D eigenvalue weighted by Gasteiger charge is 2.23. The largest absolute Gasteiger partial charge is 0.378 e. The molecule has 1 aliphatic heterocycles. The van der Waals surface area contributed by atoms with Gasteiger partial charge in [-0.05, 0) is 42.7 Å². The first-order valence-corrected chi connectivity index (χ1v) is 8.80. The number of benzene rings is 1. The first kappa shape index (κ1) is 16.3. The van der Waals surface area contributed by atoms with Crippen LogP contribution in [0, 0.1) is 0 Å². The molecule has 2 aromatic heterocycles. The van der Waals surface area contributed by atoms with Crippen molar-refractivity contribution in [1.82, 2.24) is 9.97 Å². The summed E-state index contributed by atoms with van der Waals surface area (Å²) < 4.78 is 0. The first-order chi connectivity index (χ1) is 12.8. The fourth-order valence-corrected chi connectivity index (χ4v) is 3.25. The summed E-state index contributed by atoms with van der Waals surface area (Å²) in [4.78, 5) is 23.4. The third kappa shape index (κ3) is 3.42. The molecule has 0 saturated carbocycles. The van der Waals surface area contributed by atoms with Gasteiger partial charge in [0.15, 0.2) is 0 Å². The zero-order valence-electron chi connectivity index (χ0n) is 14.4. The second-order valence-corrected chi connectivity index (χ2v) is 6.33. The zero-order chi connectivity index (χ0) is 17.8. The highest BCUT2D eigenvalue weighted by Crippen LogP contribution is 2.28. The Hall–Kier alpha value is -3.21. The number of hydrogen-bond acceptors (Lipinski definition) is 4. The summed E-state index contributed by atoms with van der Waals surface area (Å²) in [5, 5.41) is 3.28. The van der Waals surface area contributed by atoms with E-state index in [0.717, 1.165) is 36.5 Å². The van der Waals surface area contributed by atoms with Crippen LogP contribution in [0.5, 0.6) is 0 Å². The van der Waals surface area contributed by atoms with Crippen molar-refractivity contribution in [3.8, 4) is 0 Å². The highest BCUT2D eigenvalue weighted by molar-refractivity contribution is 6.07. The molecule has 5 heteroatoms. The monoisotopic (exact) mass is 344 g/mol. The summed E-state index contributed by atoms with van der Waals surface area (Å²) in [5.74, 6) is -0.00821. The summed E-state index contributed by atoms with van der Waals surface area (Å²) in [6.45, 7) is 1.33. The quantitative estimate of drug-likeness (QED) is 0.784. The number of anilines is 2. The van der Waals surface area contributed by atoms with E-state index >= 15 is 0 Å². The van der Waals surface area contributed by atoms with Gasteiger partial charge in [-0.2, -0.15) is 0 Å². The molecule has 0 aliphatic carbocycles. The molecule has 0 bridgehead atoms. The van der Waals surface area contributed by atoms with Crippen LogP contribution >= 0.6 is 0 Å². The molecule has 4 rings (SSSR count). The lowest BCUT2D eigenvalue weighted by atomic mass is 10.0. The van der Waals surface area contributed by atoms with E-state index in [1.807, 2.05) is 47.4 Å². The molecule has 1 aliphatic rings. The summed E-state index contributed by atoms with van der Waals surface area (Å²) in [6.07, 6.45) is 7.12. The second-order valence-electron chi connectivity index (χ2n) is 6.33. The maximum Gasteiger partial charge on any atom is 0.259 e. The van der Waals surface area contributed by atoms with Crippen LogP contribution in [0.25, 0.3) is 0 Å². The molecular formula is C21H20N4O. The Bertz CT molecular complexity index is 911. The maximum absolute atomic E-state index is 13.0. The Morgan fingerprint density at radius 1 is 1.12 bits per heavy atom. The van der Waals surface area contributed by atoms with Crippen LogP contribution < -0.4 is 10.2 Å². The molecule has 0 spiro atoms. The van der Waals surface area contributed by atoms with E-state index in [0.29, 0.717) is 12.1 Å². The van der Waals surface area contributed by atoms with Crippen LogP contribution in [-0.2, 0) is 13.0 Å². The van der Waals surface area contributed by atoms with Crippen molar-refractivity contribution in [2.45, 2.75) is 19.4 Å². The van der Waals surface area contributed by atoms with Crippen molar-refractivity contribution in [3.05, 3.63) is 83.9 Å². The molecule has 5 nitrogen and oxygen atoms in total. The third-order valence-corrected chi connectivity index (χ3v) is 4.54. The number of nitrogens with zero attached hydrogens (tertiary/aromatic N) is 3. The standard InChI is InChI=1S/C21H20N4O/c26-21(25-11-5-7-16-6-1-2-9-20(16)25)17-12-19(14-22-13-17)24-15-18-8-3-4-10-23-18/h1-4,6,8-10,12-14,24H,5,7,11,15H2. The van der Waals surface area contributed by atoms with Crippen LogP contribution in [0.2, 0.25) is 0 Å². The van der Waals surface area contributed by atoms with Crippen molar-refractivity contribution < 1.29 is 4.79 Å². The SMILES string of the molecule is O=C(c1cncc(NCc2ccccn2)c1)N1CCCc2ccccc21. The predicted molar refractivity (Wildman–Crippen MR) is 102 cm³/mol. The van der Waals surface area contributed by atoms with Crippen LogP contribution in [0.3, 0.4) is 0 Å². The molecule has 0 fully saturated rings. The number of aryl methyl sites for hydroxylation is 1. The number of aromatic nitrogens is 2. The number of rotatable bonds is 4. The molecule has 3 heterocycles. The lowest BCUT2D eigenvalue weighted by molar-refractivity contribution is 0.0985. The van der Waals surface area contributed by atoms with Gasteiger partial charge < -0.3 is 10.2 Å². The van der Waals surface area contributed by atoms with Crippen molar-refractivity contribution >= 4 is 17.3 Å². The Kier molecular flexibility index (Phi) is 4.60. The highest BCUT2D eigenvalue weighted by atomic mass is 16.2. The number of nitrogens with one attached hydrogen (secondary N) is 1. The Labute approximate surface area is 152 Å². The number of pyridine rings is 2. The topological polar surface area (TPSA) is 58.1 Å². The lowest BCUT2D eigenvalue weighted by Crippen LogP contribution is -2.35. The van der Waals surface area contributed by atoms with Gasteiger partial charge in [0.2, 0.25) is 0 Å². The smallest absolute Gasteiger partial charge is 0.259 e. The van der Waals surface area contributed by atoms with Gasteiger partial charge in [-0.25, -0.2) is 0 Å². The fourth-order valence-electron chi connectivity index (χ4n) is 3.25. The van der Waals surface area contributed by atoms with Crippen molar-refractivity contribution in [2.75, 3.05) is 16.8 Å². The summed E-state index contributed by atoms with van der Waals surface area (Å²) in [5.41, 5.74) is 4.58. The molecule has 0 radical (unpaired) electrons. The van der Waals surface area contributed by atoms with E-state index < -0.39 is 0 Å². The average molecular weight is 344 g/mol. The third-order valence-electron chi connectivity index (χ3n) is 4.54. The van der Waals surface area contributed by atoms with Crippen LogP contribution in [0.15, 0.2) is 67.1 Å². The van der Waals surface area contributed by atoms with Gasteiger partial charge in [-0.3, -0.25) is 14.8 Å². The Morgan fingerprint density at radius 3 is 2.88 bits per heavy atom. The molecule has 1 amide bonds. The van der Waals surface area contributed by atoms with E-state index in [-0.39, 0.29) is 5.91 Å². The van der Waals surface area contributed by atoms with Gasteiger partial charge in [-0.15, -0.1) is 0 Å². The normalized spacial score (nSPS) is 13.2. The predicted octanol–water partition coefficient (Wildman–Crippen LogP) is 3.68. The first-order valence-electron chi connectivity index (χ1n) is 8.80. The molecule has 130 valence electrons. The van der Waals surface area contributed by atoms with Gasteiger partial charge >= 0.3 is 0 Å². The van der Waals surface area contributed by atoms with Gasteiger partial charge in [-0.1, -0.05) is 24.3 Å². The Morgan fingerprint density at radius 2 is 2.00 bits per heavy atom. The Balaban J connectivity index is 1.52. The second kappa shape index (κ2) is 7.35. The lowest BCUT2D eigenvalue weighted by Gasteiger charge is -2.29. The molecular weight excluding hydrogens is 324 g/mol. The molecule has 1 aromatic carbocycles. The van der Waals surface area contributed by atoms with Crippen molar-refractivity contribution in [1.29, 1.82) is 0 Å². The van der Waals surface area contributed by atoms with Crippen LogP contribution in [-0.4, -0.2) is 22.4 Å². The molecule has 0 unspecified atom stereocenters. The molecule has 0 saturated heterocycles. The van der Waals surface area contributed by atoms with E-state index in [1.165, 1.54) is 5.56 Å². The van der Waals surface area contributed by atoms with Crippen molar-refractivity contribution in [2.24, 2.45) is 0 Å². The van der Waals surface area contributed by atoms with Gasteiger partial charge in [0.05, 0.1) is 23.5 Å². The summed E-state index contributed by atoms with van der Waals surface area (Å²) in [7, 11) is 0. The number of hydrogen-bond donors (Lipinski definition) is 1. The molecule has 26 heavy (non-hydrogen) atoms. The van der Waals surface area contributed by atoms with Crippen molar-refractivity contribution in [3.63, 3.8) is 0 Å². The van der Waals surface area contributed by atoms with E-state index in [4.69, 9.17) is 0 Å². The number of carbonyl (C=O) groups excluding carboxylic acids is 1. The molecule has 0 atom stereocenters.